The fourth-order valence-corrected chi connectivity index (χ4v) is 7.48. The molecule has 214 valence electrons. The molecule has 0 aliphatic carbocycles. The van der Waals surface area contributed by atoms with E-state index < -0.39 is 0 Å². The lowest BCUT2D eigenvalue weighted by Gasteiger charge is -2.12. The van der Waals surface area contributed by atoms with E-state index in [2.05, 4.69) is 173 Å². The van der Waals surface area contributed by atoms with E-state index in [1.165, 1.54) is 65.5 Å². The van der Waals surface area contributed by atoms with Crippen LogP contribution in [0, 0.1) is 0 Å². The van der Waals surface area contributed by atoms with Gasteiger partial charge >= 0.3 is 0 Å². The molecule has 0 saturated carbocycles. The summed E-state index contributed by atoms with van der Waals surface area (Å²) in [6, 6.07) is 58.9. The number of pyridine rings is 1. The van der Waals surface area contributed by atoms with Crippen LogP contribution in [0.5, 0.6) is 0 Å². The minimum atomic E-state index is 1.02. The average Bonchev–Trinajstić information content (AvgIpc) is 3.64. The fraction of sp³-hybridized carbons (Fsp3) is 0. The van der Waals surface area contributed by atoms with Crippen molar-refractivity contribution in [2.45, 2.75) is 0 Å². The molecule has 0 bridgehead atoms. The zero-order valence-corrected chi connectivity index (χ0v) is 24.9. The van der Waals surface area contributed by atoms with Gasteiger partial charge in [0.1, 0.15) is 0 Å². The highest BCUT2D eigenvalue weighted by atomic mass is 15.0. The SMILES string of the molecule is c1ccc(-n2c3ccccc3c3cc(-n4c5ccccc5c5cc(-c6nc7ccccc7c7ccccc67)ccc54)ccc32)cc1. The summed E-state index contributed by atoms with van der Waals surface area (Å²) in [5.41, 5.74) is 10.3. The van der Waals surface area contributed by atoms with Crippen LogP contribution < -0.4 is 0 Å². The summed E-state index contributed by atoms with van der Waals surface area (Å²) in [6.07, 6.45) is 0. The highest BCUT2D eigenvalue weighted by Crippen LogP contribution is 2.39. The summed E-state index contributed by atoms with van der Waals surface area (Å²) < 4.78 is 4.78. The van der Waals surface area contributed by atoms with Gasteiger partial charge in [0.2, 0.25) is 0 Å². The second kappa shape index (κ2) is 9.65. The van der Waals surface area contributed by atoms with E-state index in [0.29, 0.717) is 0 Å². The lowest BCUT2D eigenvalue weighted by atomic mass is 9.99. The number of hydrogen-bond donors (Lipinski definition) is 0. The summed E-state index contributed by atoms with van der Waals surface area (Å²) in [5.74, 6) is 0. The summed E-state index contributed by atoms with van der Waals surface area (Å²) in [4.78, 5) is 5.21. The van der Waals surface area contributed by atoms with Crippen molar-refractivity contribution < 1.29 is 0 Å². The number of fused-ring (bicyclic) bond motifs is 9. The second-order valence-corrected chi connectivity index (χ2v) is 12.0. The maximum Gasteiger partial charge on any atom is 0.0788 e. The molecule has 0 fully saturated rings. The maximum absolute atomic E-state index is 5.21. The molecule has 0 spiro atoms. The first-order valence-electron chi connectivity index (χ1n) is 15.7. The van der Waals surface area contributed by atoms with Crippen molar-refractivity contribution in [2.75, 3.05) is 0 Å². The van der Waals surface area contributed by atoms with Crippen LogP contribution in [0.4, 0.5) is 0 Å². The highest BCUT2D eigenvalue weighted by Gasteiger charge is 2.18. The van der Waals surface area contributed by atoms with E-state index in [4.69, 9.17) is 4.98 Å². The van der Waals surface area contributed by atoms with Gasteiger partial charge in [-0.2, -0.15) is 0 Å². The molecular weight excluding hydrogens is 558 g/mol. The van der Waals surface area contributed by atoms with Gasteiger partial charge in [0.15, 0.2) is 0 Å². The maximum atomic E-state index is 5.21. The van der Waals surface area contributed by atoms with Crippen molar-refractivity contribution >= 4 is 65.3 Å². The molecule has 3 heteroatoms. The second-order valence-electron chi connectivity index (χ2n) is 12.0. The number of aromatic nitrogens is 3. The Morgan fingerprint density at radius 3 is 1.59 bits per heavy atom. The van der Waals surface area contributed by atoms with Gasteiger partial charge in [-0.05, 0) is 66.0 Å². The van der Waals surface area contributed by atoms with Crippen molar-refractivity contribution in [2.24, 2.45) is 0 Å². The monoisotopic (exact) mass is 585 g/mol. The Bertz CT molecular complexity index is 2800. The van der Waals surface area contributed by atoms with Gasteiger partial charge in [0.05, 0.1) is 33.3 Å². The molecule has 3 aromatic heterocycles. The zero-order chi connectivity index (χ0) is 30.2. The van der Waals surface area contributed by atoms with Crippen LogP contribution in [0.15, 0.2) is 164 Å². The molecule has 0 atom stereocenters. The summed E-state index contributed by atoms with van der Waals surface area (Å²) in [7, 11) is 0. The molecule has 0 unspecified atom stereocenters. The Morgan fingerprint density at radius 1 is 0.326 bits per heavy atom. The number of rotatable bonds is 3. The standard InChI is InChI=1S/C43H27N3/c1-2-12-29(13-3-1)45-39-20-10-8-17-34(39)37-27-30(23-25-42(37)45)46-40-21-11-7-16-33(40)36-26-28(22-24-41(36)46)43-35-18-5-4-14-31(35)32-15-6-9-19-38(32)44-43/h1-27H. The molecule has 0 amide bonds. The van der Waals surface area contributed by atoms with Gasteiger partial charge < -0.3 is 9.13 Å². The van der Waals surface area contributed by atoms with E-state index in [1.54, 1.807) is 0 Å². The van der Waals surface area contributed by atoms with Gasteiger partial charge in [-0.25, -0.2) is 4.98 Å². The van der Waals surface area contributed by atoms with Gasteiger partial charge in [-0.3, -0.25) is 0 Å². The first-order valence-corrected chi connectivity index (χ1v) is 15.7. The van der Waals surface area contributed by atoms with Crippen LogP contribution in [0.1, 0.15) is 0 Å². The van der Waals surface area contributed by atoms with Crippen molar-refractivity contribution in [3.05, 3.63) is 164 Å². The molecular formula is C43H27N3. The Hall–Kier alpha value is -6.19. The van der Waals surface area contributed by atoms with Crippen LogP contribution in [-0.4, -0.2) is 14.1 Å². The van der Waals surface area contributed by atoms with E-state index >= 15 is 0 Å². The lowest BCUT2D eigenvalue weighted by molar-refractivity contribution is 1.16. The third kappa shape index (κ3) is 3.57. The highest BCUT2D eigenvalue weighted by molar-refractivity contribution is 6.15. The van der Waals surface area contributed by atoms with Crippen LogP contribution in [0.3, 0.4) is 0 Å². The third-order valence-electron chi connectivity index (χ3n) is 9.48. The van der Waals surface area contributed by atoms with Crippen LogP contribution in [0.2, 0.25) is 0 Å². The molecule has 3 nitrogen and oxygen atoms in total. The Kier molecular flexibility index (Phi) is 5.28. The Labute approximate surface area is 265 Å². The quantitative estimate of drug-likeness (QED) is 0.189. The molecule has 0 N–H and O–H groups in total. The van der Waals surface area contributed by atoms with Crippen molar-refractivity contribution in [1.82, 2.24) is 14.1 Å². The smallest absolute Gasteiger partial charge is 0.0788 e. The van der Waals surface area contributed by atoms with Crippen LogP contribution in [-0.2, 0) is 0 Å². The molecule has 7 aromatic carbocycles. The van der Waals surface area contributed by atoms with Gasteiger partial charge in [-0.1, -0.05) is 103 Å². The van der Waals surface area contributed by atoms with Gasteiger partial charge in [-0.15, -0.1) is 0 Å². The minimum absolute atomic E-state index is 1.02. The van der Waals surface area contributed by atoms with Crippen molar-refractivity contribution in [1.29, 1.82) is 0 Å². The molecule has 10 aromatic rings. The summed E-state index contributed by atoms with van der Waals surface area (Å²) in [5, 5.41) is 8.53. The lowest BCUT2D eigenvalue weighted by Crippen LogP contribution is -1.95. The summed E-state index contributed by atoms with van der Waals surface area (Å²) in [6.45, 7) is 0. The van der Waals surface area contributed by atoms with Crippen LogP contribution >= 0.6 is 0 Å². The molecule has 0 radical (unpaired) electrons. The molecule has 46 heavy (non-hydrogen) atoms. The van der Waals surface area contributed by atoms with E-state index in [9.17, 15) is 0 Å². The molecule has 0 saturated heterocycles. The van der Waals surface area contributed by atoms with Crippen LogP contribution in [0.25, 0.3) is 87.9 Å². The number of benzene rings is 7. The molecule has 0 aliphatic rings. The minimum Gasteiger partial charge on any atom is -0.309 e. The predicted octanol–water partition coefficient (Wildman–Crippen LogP) is 11.2. The molecule has 10 rings (SSSR count). The van der Waals surface area contributed by atoms with Crippen molar-refractivity contribution in [3.8, 4) is 22.6 Å². The fourth-order valence-electron chi connectivity index (χ4n) is 7.48. The Balaban J connectivity index is 1.23. The number of hydrogen-bond acceptors (Lipinski definition) is 1. The number of nitrogens with zero attached hydrogens (tertiary/aromatic N) is 3. The third-order valence-corrected chi connectivity index (χ3v) is 9.48. The average molecular weight is 586 g/mol. The Morgan fingerprint density at radius 2 is 0.848 bits per heavy atom. The summed E-state index contributed by atoms with van der Waals surface area (Å²) >= 11 is 0. The normalized spacial score (nSPS) is 11.9. The van der Waals surface area contributed by atoms with Crippen molar-refractivity contribution in [3.63, 3.8) is 0 Å². The molecule has 0 aliphatic heterocycles. The van der Waals surface area contributed by atoms with Gasteiger partial charge in [0.25, 0.3) is 0 Å². The molecule has 3 heterocycles. The zero-order valence-electron chi connectivity index (χ0n) is 24.9. The van der Waals surface area contributed by atoms with E-state index in [0.717, 1.165) is 22.5 Å². The first kappa shape index (κ1) is 25.2. The predicted molar refractivity (Wildman–Crippen MR) is 193 cm³/mol. The van der Waals surface area contributed by atoms with E-state index in [-0.39, 0.29) is 0 Å². The first-order chi connectivity index (χ1) is 22.8. The van der Waals surface area contributed by atoms with Gasteiger partial charge in [0, 0.05) is 49.3 Å². The topological polar surface area (TPSA) is 22.8 Å². The number of para-hydroxylation sites is 4. The largest absolute Gasteiger partial charge is 0.309 e. The van der Waals surface area contributed by atoms with E-state index in [1.807, 2.05) is 0 Å².